The second-order valence-electron chi connectivity index (χ2n) is 6.06. The molecule has 0 fully saturated rings. The summed E-state index contributed by atoms with van der Waals surface area (Å²) < 4.78 is 5.64. The van der Waals surface area contributed by atoms with Crippen LogP contribution in [0.25, 0.3) is 0 Å². The lowest BCUT2D eigenvalue weighted by Crippen LogP contribution is -2.31. The third kappa shape index (κ3) is 3.89. The minimum Gasteiger partial charge on any atom is -0.493 e. The molecule has 2 heterocycles. The summed E-state index contributed by atoms with van der Waals surface area (Å²) in [4.78, 5) is 12.1. The van der Waals surface area contributed by atoms with E-state index in [1.807, 2.05) is 18.2 Å². The fourth-order valence-corrected chi connectivity index (χ4v) is 2.94. The van der Waals surface area contributed by atoms with Crippen molar-refractivity contribution in [2.24, 2.45) is 10.2 Å². The van der Waals surface area contributed by atoms with Crippen molar-refractivity contribution in [2.75, 3.05) is 13.2 Å². The van der Waals surface area contributed by atoms with Gasteiger partial charge in [-0.05, 0) is 18.1 Å². The van der Waals surface area contributed by atoms with Gasteiger partial charge in [0, 0.05) is 38.1 Å². The minimum atomic E-state index is -0.380. The molecule has 1 unspecified atom stereocenters. The average molecular weight is 311 g/mol. The maximum atomic E-state index is 12.1. The van der Waals surface area contributed by atoms with Crippen molar-refractivity contribution in [3.8, 4) is 18.1 Å². The Morgan fingerprint density at radius 2 is 2.22 bits per heavy atom. The molecule has 5 nitrogen and oxygen atoms in total. The van der Waals surface area contributed by atoms with Crippen LogP contribution < -0.4 is 10.1 Å². The Hall–Kier alpha value is -2.35. The van der Waals surface area contributed by atoms with E-state index >= 15 is 0 Å². The first-order valence-electron chi connectivity index (χ1n) is 8.08. The van der Waals surface area contributed by atoms with Crippen molar-refractivity contribution in [1.29, 1.82) is 0 Å². The number of nitrogens with zero attached hydrogens (tertiary/aromatic N) is 2. The quantitative estimate of drug-likeness (QED) is 0.787. The van der Waals surface area contributed by atoms with E-state index in [-0.39, 0.29) is 11.6 Å². The fraction of sp³-hybridized carbons (Fsp3) is 0.500. The van der Waals surface area contributed by atoms with Crippen LogP contribution in [0.5, 0.6) is 5.75 Å². The van der Waals surface area contributed by atoms with Gasteiger partial charge in [-0.15, -0.1) is 12.3 Å². The smallest absolute Gasteiger partial charge is 0.220 e. The summed E-state index contributed by atoms with van der Waals surface area (Å²) in [5.41, 5.74) is 0.798. The van der Waals surface area contributed by atoms with Gasteiger partial charge >= 0.3 is 0 Å². The number of terminal acetylenes is 1. The maximum Gasteiger partial charge on any atom is 0.220 e. The van der Waals surface area contributed by atoms with Crippen LogP contribution in [-0.2, 0) is 4.79 Å². The first-order valence-corrected chi connectivity index (χ1v) is 8.08. The zero-order chi connectivity index (χ0) is 16.1. The molecule has 1 amide bonds. The van der Waals surface area contributed by atoms with Gasteiger partial charge in [-0.3, -0.25) is 4.79 Å². The standard InChI is InChI=1S/C18H21N3O2/c1-2-3-10-18(20-21-18)11-8-17(22)19-13-14-9-12-23-16-7-5-4-6-15(14)16/h1,4-7,14H,3,8-13H2,(H,19,22). The number of hydrogen-bond donors (Lipinski definition) is 1. The Kier molecular flexibility index (Phi) is 4.61. The molecule has 2 aliphatic heterocycles. The Morgan fingerprint density at radius 1 is 1.39 bits per heavy atom. The Balaban J connectivity index is 1.44. The predicted octanol–water partition coefficient (Wildman–Crippen LogP) is 3.02. The van der Waals surface area contributed by atoms with Gasteiger partial charge in [-0.25, -0.2) is 0 Å². The first kappa shape index (κ1) is 15.5. The van der Waals surface area contributed by atoms with Crippen LogP contribution in [0.15, 0.2) is 34.5 Å². The summed E-state index contributed by atoms with van der Waals surface area (Å²) in [5.74, 6) is 3.89. The molecule has 0 aromatic heterocycles. The van der Waals surface area contributed by atoms with Crippen molar-refractivity contribution in [2.45, 2.75) is 43.7 Å². The van der Waals surface area contributed by atoms with E-state index in [4.69, 9.17) is 11.2 Å². The van der Waals surface area contributed by atoms with Gasteiger partial charge in [0.15, 0.2) is 5.66 Å². The summed E-state index contributed by atoms with van der Waals surface area (Å²) >= 11 is 0. The molecule has 0 aliphatic carbocycles. The number of para-hydroxylation sites is 1. The van der Waals surface area contributed by atoms with E-state index < -0.39 is 0 Å². The van der Waals surface area contributed by atoms with E-state index in [9.17, 15) is 4.79 Å². The third-order valence-corrected chi connectivity index (χ3v) is 4.43. The number of nitrogens with one attached hydrogen (secondary N) is 1. The lowest BCUT2D eigenvalue weighted by molar-refractivity contribution is -0.121. The van der Waals surface area contributed by atoms with Gasteiger partial charge in [0.1, 0.15) is 5.75 Å². The molecule has 0 saturated heterocycles. The van der Waals surface area contributed by atoms with Crippen molar-refractivity contribution in [3.05, 3.63) is 29.8 Å². The zero-order valence-electron chi connectivity index (χ0n) is 13.1. The van der Waals surface area contributed by atoms with Gasteiger partial charge in [-0.2, -0.15) is 10.2 Å². The highest BCUT2D eigenvalue weighted by Crippen LogP contribution is 2.37. The number of carbonyl (C=O) groups excluding carboxylic acids is 1. The fourth-order valence-electron chi connectivity index (χ4n) is 2.94. The van der Waals surface area contributed by atoms with E-state index in [2.05, 4.69) is 27.5 Å². The van der Waals surface area contributed by atoms with Crippen molar-refractivity contribution in [3.63, 3.8) is 0 Å². The molecule has 1 N–H and O–H groups in total. The van der Waals surface area contributed by atoms with Gasteiger partial charge < -0.3 is 10.1 Å². The molecule has 120 valence electrons. The van der Waals surface area contributed by atoms with Gasteiger partial charge in [-0.1, -0.05) is 18.2 Å². The van der Waals surface area contributed by atoms with Crippen molar-refractivity contribution >= 4 is 5.91 Å². The number of rotatable bonds is 7. The van der Waals surface area contributed by atoms with Crippen LogP contribution in [-0.4, -0.2) is 24.7 Å². The third-order valence-electron chi connectivity index (χ3n) is 4.43. The highest BCUT2D eigenvalue weighted by molar-refractivity contribution is 5.76. The molecule has 0 bridgehead atoms. The SMILES string of the molecule is C#CCCC1(CCC(=O)NCC2CCOc3ccccc32)N=N1. The van der Waals surface area contributed by atoms with E-state index in [0.717, 1.165) is 18.6 Å². The van der Waals surface area contributed by atoms with Crippen LogP contribution >= 0.6 is 0 Å². The van der Waals surface area contributed by atoms with Crippen molar-refractivity contribution < 1.29 is 9.53 Å². The number of benzene rings is 1. The number of amides is 1. The number of carbonyl (C=O) groups is 1. The lowest BCUT2D eigenvalue weighted by Gasteiger charge is -2.26. The zero-order valence-corrected chi connectivity index (χ0v) is 13.1. The summed E-state index contributed by atoms with van der Waals surface area (Å²) in [6, 6.07) is 8.03. The molecule has 5 heteroatoms. The maximum absolute atomic E-state index is 12.1. The van der Waals surface area contributed by atoms with Crippen LogP contribution in [0.3, 0.4) is 0 Å². The second kappa shape index (κ2) is 6.82. The van der Waals surface area contributed by atoms with Gasteiger partial charge in [0.05, 0.1) is 6.61 Å². The van der Waals surface area contributed by atoms with Gasteiger partial charge in [0.2, 0.25) is 5.91 Å². The predicted molar refractivity (Wildman–Crippen MR) is 87.2 cm³/mol. The van der Waals surface area contributed by atoms with Crippen LogP contribution in [0.2, 0.25) is 0 Å². The molecule has 3 rings (SSSR count). The van der Waals surface area contributed by atoms with Crippen LogP contribution in [0.1, 0.15) is 43.6 Å². The largest absolute Gasteiger partial charge is 0.493 e. The van der Waals surface area contributed by atoms with Crippen LogP contribution in [0.4, 0.5) is 0 Å². The monoisotopic (exact) mass is 311 g/mol. The summed E-state index contributed by atoms with van der Waals surface area (Å²) in [7, 11) is 0. The summed E-state index contributed by atoms with van der Waals surface area (Å²) in [6.45, 7) is 1.34. The van der Waals surface area contributed by atoms with Gasteiger partial charge in [0.25, 0.3) is 0 Å². The lowest BCUT2D eigenvalue weighted by atomic mass is 9.93. The molecular formula is C18H21N3O2. The highest BCUT2D eigenvalue weighted by Gasteiger charge is 2.39. The molecule has 23 heavy (non-hydrogen) atoms. The Morgan fingerprint density at radius 3 is 3.00 bits per heavy atom. The van der Waals surface area contributed by atoms with E-state index in [1.54, 1.807) is 0 Å². The van der Waals surface area contributed by atoms with Crippen molar-refractivity contribution in [1.82, 2.24) is 5.32 Å². The minimum absolute atomic E-state index is 0.0476. The second-order valence-corrected chi connectivity index (χ2v) is 6.06. The molecule has 0 spiro atoms. The molecule has 1 aromatic rings. The van der Waals surface area contributed by atoms with E-state index in [0.29, 0.717) is 38.3 Å². The van der Waals surface area contributed by atoms with Crippen LogP contribution in [0, 0.1) is 12.3 Å². The number of hydrogen-bond acceptors (Lipinski definition) is 4. The topological polar surface area (TPSA) is 63.0 Å². The summed E-state index contributed by atoms with van der Waals surface area (Å²) in [6.07, 6.45) is 8.65. The first-order chi connectivity index (χ1) is 11.2. The molecule has 1 atom stereocenters. The summed E-state index contributed by atoms with van der Waals surface area (Å²) in [5, 5.41) is 11.1. The number of ether oxygens (including phenoxy) is 1. The van der Waals surface area contributed by atoms with E-state index in [1.165, 1.54) is 5.56 Å². The Bertz CT molecular complexity index is 642. The number of fused-ring (bicyclic) bond motifs is 1. The highest BCUT2D eigenvalue weighted by atomic mass is 16.5. The normalized spacial score (nSPS) is 20.0. The molecule has 0 radical (unpaired) electrons. The molecule has 0 saturated carbocycles. The average Bonchev–Trinajstić information content (AvgIpc) is 3.36. The molecule has 1 aromatic carbocycles. The molecular weight excluding hydrogens is 290 g/mol. The Labute approximate surface area is 136 Å². The molecule has 2 aliphatic rings.